The van der Waals surface area contributed by atoms with Crippen molar-refractivity contribution >= 4 is 34.9 Å². The van der Waals surface area contributed by atoms with Crippen LogP contribution in [0.3, 0.4) is 0 Å². The van der Waals surface area contributed by atoms with E-state index in [2.05, 4.69) is 20.3 Å². The number of nitrogen functional groups attached to an aromatic ring is 1. The van der Waals surface area contributed by atoms with Crippen LogP contribution in [0.15, 0.2) is 65.8 Å². The average molecular weight is 403 g/mol. The minimum absolute atomic E-state index is 0.0263. The Balaban J connectivity index is 0.000000589. The molecule has 0 radical (unpaired) electrons. The quantitative estimate of drug-likeness (QED) is 0.597. The van der Waals surface area contributed by atoms with Crippen LogP contribution in [-0.2, 0) is 22.6 Å². The number of carboxylic acids is 1. The van der Waals surface area contributed by atoms with Crippen LogP contribution < -0.4 is 11.1 Å². The Hall–Kier alpha value is -4.07. The molecule has 4 rings (SSSR count). The molecule has 152 valence electrons. The van der Waals surface area contributed by atoms with Gasteiger partial charge in [-0.3, -0.25) is 14.6 Å². The number of nitrogens with one attached hydrogen (secondary N) is 1. The van der Waals surface area contributed by atoms with E-state index in [0.29, 0.717) is 24.5 Å². The Bertz CT molecular complexity index is 1090. The number of hydrogen-bond donors (Lipinski definition) is 3. The number of aromatic nitrogens is 2. The maximum absolute atomic E-state index is 12.7. The second-order valence-electron chi connectivity index (χ2n) is 6.57. The van der Waals surface area contributed by atoms with Crippen molar-refractivity contribution in [3.05, 3.63) is 77.5 Å². The number of benzene rings is 2. The van der Waals surface area contributed by atoms with Gasteiger partial charge in [-0.25, -0.2) is 4.98 Å². The number of rotatable bonds is 5. The van der Waals surface area contributed by atoms with E-state index >= 15 is 0 Å². The van der Waals surface area contributed by atoms with E-state index in [0.717, 1.165) is 29.3 Å². The minimum atomic E-state index is -0.833. The lowest BCUT2D eigenvalue weighted by Crippen LogP contribution is -2.16. The number of aliphatic imine (C=N–C) groups is 1. The largest absolute Gasteiger partial charge is 0.481 e. The summed E-state index contributed by atoms with van der Waals surface area (Å²) in [6.07, 6.45) is 1.94. The maximum atomic E-state index is 12.7. The van der Waals surface area contributed by atoms with E-state index in [-0.39, 0.29) is 11.7 Å². The number of nitrogens with two attached hydrogens (primary N) is 1. The van der Waals surface area contributed by atoms with Crippen molar-refractivity contribution in [2.75, 3.05) is 11.1 Å². The van der Waals surface area contributed by atoms with Crippen molar-refractivity contribution in [1.29, 1.82) is 0 Å². The summed E-state index contributed by atoms with van der Waals surface area (Å²) in [7, 11) is 0. The molecule has 0 saturated carbocycles. The number of carbonyl (C=O) groups is 2. The van der Waals surface area contributed by atoms with E-state index in [9.17, 15) is 4.79 Å². The van der Waals surface area contributed by atoms with Crippen LogP contribution in [0.2, 0.25) is 0 Å². The molecule has 0 atom stereocenters. The van der Waals surface area contributed by atoms with E-state index in [1.165, 1.54) is 0 Å². The van der Waals surface area contributed by atoms with Crippen molar-refractivity contribution < 1.29 is 14.7 Å². The maximum Gasteiger partial charge on any atom is 0.300 e. The minimum Gasteiger partial charge on any atom is -0.481 e. The average Bonchev–Trinajstić information content (AvgIpc) is 3.12. The molecule has 0 unspecified atom stereocenters. The van der Waals surface area contributed by atoms with Crippen LogP contribution >= 0.6 is 0 Å². The Kier molecular flexibility index (Phi) is 6.49. The van der Waals surface area contributed by atoms with E-state index < -0.39 is 5.97 Å². The fourth-order valence-corrected chi connectivity index (χ4v) is 2.96. The molecule has 0 fully saturated rings. The third-order valence-electron chi connectivity index (χ3n) is 4.19. The van der Waals surface area contributed by atoms with Gasteiger partial charge in [-0.05, 0) is 29.3 Å². The van der Waals surface area contributed by atoms with E-state index in [1.807, 2.05) is 48.5 Å². The number of carboxylic acid groups (broad SMARTS) is 1. The second kappa shape index (κ2) is 9.42. The van der Waals surface area contributed by atoms with Gasteiger partial charge in [0.2, 0.25) is 5.95 Å². The molecule has 1 aliphatic rings. The predicted molar refractivity (Wildman–Crippen MR) is 115 cm³/mol. The monoisotopic (exact) mass is 403 g/mol. The zero-order valence-corrected chi connectivity index (χ0v) is 16.4. The van der Waals surface area contributed by atoms with Crippen molar-refractivity contribution in [2.45, 2.75) is 19.9 Å². The molecule has 0 spiro atoms. The SMILES string of the molecule is CC(=O)O.Nc1nccc(Nc2ccc3c(c2)C(C(=O)Cc2ccccc2)=NC3)n1. The highest BCUT2D eigenvalue weighted by atomic mass is 16.4. The first-order valence-corrected chi connectivity index (χ1v) is 9.22. The molecule has 4 N–H and O–H groups in total. The summed E-state index contributed by atoms with van der Waals surface area (Å²) < 4.78 is 0. The summed E-state index contributed by atoms with van der Waals surface area (Å²) in [6, 6.07) is 17.3. The molecule has 1 aromatic heterocycles. The van der Waals surface area contributed by atoms with E-state index in [4.69, 9.17) is 15.6 Å². The number of ketones is 1. The molecule has 3 aromatic rings. The lowest BCUT2D eigenvalue weighted by atomic mass is 9.98. The molecule has 2 heterocycles. The molecule has 30 heavy (non-hydrogen) atoms. The van der Waals surface area contributed by atoms with Gasteiger partial charge in [0, 0.05) is 30.8 Å². The molecule has 0 saturated heterocycles. The van der Waals surface area contributed by atoms with Crippen molar-refractivity contribution in [1.82, 2.24) is 9.97 Å². The lowest BCUT2D eigenvalue weighted by Gasteiger charge is -2.09. The number of carbonyl (C=O) groups excluding carboxylic acids is 1. The van der Waals surface area contributed by atoms with Gasteiger partial charge in [-0.15, -0.1) is 0 Å². The zero-order chi connectivity index (χ0) is 21.5. The number of Topliss-reactive ketones (excluding diaryl/α,β-unsaturated/α-hetero) is 1. The zero-order valence-electron chi connectivity index (χ0n) is 16.4. The van der Waals surface area contributed by atoms with Gasteiger partial charge in [0.05, 0.1) is 6.54 Å². The summed E-state index contributed by atoms with van der Waals surface area (Å²) in [5.74, 6) is -0.000575. The molecule has 8 heteroatoms. The van der Waals surface area contributed by atoms with Gasteiger partial charge in [-0.1, -0.05) is 36.4 Å². The van der Waals surface area contributed by atoms with Crippen LogP contribution in [0.25, 0.3) is 0 Å². The first-order valence-electron chi connectivity index (χ1n) is 9.22. The van der Waals surface area contributed by atoms with Crippen LogP contribution in [-0.4, -0.2) is 32.5 Å². The first-order chi connectivity index (χ1) is 14.4. The summed E-state index contributed by atoms with van der Waals surface area (Å²) >= 11 is 0. The first kappa shape index (κ1) is 20.7. The number of aliphatic carboxylic acids is 1. The van der Waals surface area contributed by atoms with Crippen LogP contribution in [0, 0.1) is 0 Å². The third kappa shape index (κ3) is 5.48. The van der Waals surface area contributed by atoms with Gasteiger partial charge in [0.1, 0.15) is 11.5 Å². The molecular formula is C22H21N5O3. The summed E-state index contributed by atoms with van der Waals surface area (Å²) in [6.45, 7) is 1.62. The highest BCUT2D eigenvalue weighted by Gasteiger charge is 2.22. The van der Waals surface area contributed by atoms with Gasteiger partial charge < -0.3 is 16.2 Å². The summed E-state index contributed by atoms with van der Waals surface area (Å²) in [4.78, 5) is 34.2. The third-order valence-corrected chi connectivity index (χ3v) is 4.19. The number of fused-ring (bicyclic) bond motifs is 1. The number of hydrogen-bond acceptors (Lipinski definition) is 7. The van der Waals surface area contributed by atoms with Crippen molar-refractivity contribution in [3.63, 3.8) is 0 Å². The lowest BCUT2D eigenvalue weighted by molar-refractivity contribution is -0.134. The Morgan fingerprint density at radius 1 is 1.13 bits per heavy atom. The molecule has 8 nitrogen and oxygen atoms in total. The molecule has 0 amide bonds. The Morgan fingerprint density at radius 2 is 1.87 bits per heavy atom. The second-order valence-corrected chi connectivity index (χ2v) is 6.57. The Morgan fingerprint density at radius 3 is 2.57 bits per heavy atom. The predicted octanol–water partition coefficient (Wildman–Crippen LogP) is 3.01. The smallest absolute Gasteiger partial charge is 0.300 e. The van der Waals surface area contributed by atoms with Crippen molar-refractivity contribution in [3.8, 4) is 0 Å². The number of anilines is 3. The van der Waals surface area contributed by atoms with Gasteiger partial charge >= 0.3 is 0 Å². The highest BCUT2D eigenvalue weighted by Crippen LogP contribution is 2.25. The molecule has 0 aliphatic carbocycles. The van der Waals surface area contributed by atoms with Gasteiger partial charge in [-0.2, -0.15) is 4.98 Å². The van der Waals surface area contributed by atoms with Crippen molar-refractivity contribution in [2.24, 2.45) is 4.99 Å². The molecule has 0 bridgehead atoms. The fraction of sp³-hybridized carbons (Fsp3) is 0.136. The fourth-order valence-electron chi connectivity index (χ4n) is 2.96. The van der Waals surface area contributed by atoms with Crippen LogP contribution in [0.4, 0.5) is 17.5 Å². The Labute approximate surface area is 173 Å². The van der Waals surface area contributed by atoms with Gasteiger partial charge in [0.15, 0.2) is 5.78 Å². The summed E-state index contributed by atoms with van der Waals surface area (Å²) in [5, 5.41) is 10.6. The summed E-state index contributed by atoms with van der Waals surface area (Å²) in [5.41, 5.74) is 9.88. The van der Waals surface area contributed by atoms with Crippen LogP contribution in [0.1, 0.15) is 23.6 Å². The normalized spacial score (nSPS) is 11.6. The topological polar surface area (TPSA) is 131 Å². The molecular weight excluding hydrogens is 382 g/mol. The van der Waals surface area contributed by atoms with Gasteiger partial charge in [0.25, 0.3) is 5.97 Å². The van der Waals surface area contributed by atoms with Crippen LogP contribution in [0.5, 0.6) is 0 Å². The number of nitrogens with zero attached hydrogens (tertiary/aromatic N) is 3. The molecule has 2 aromatic carbocycles. The van der Waals surface area contributed by atoms with E-state index in [1.54, 1.807) is 12.3 Å². The molecule has 1 aliphatic heterocycles. The highest BCUT2D eigenvalue weighted by molar-refractivity contribution is 6.47. The standard InChI is InChI=1S/C20H17N5O.C2H4O2/c21-20-22-9-8-18(25-20)24-15-7-6-14-12-23-19(16(14)11-15)17(26)10-13-4-2-1-3-5-13;1-2(3)4/h1-9,11H,10,12H2,(H3,21,22,24,25);1H3,(H,3,4).